The number of anilines is 1. The van der Waals surface area contributed by atoms with Crippen LogP contribution in [0.15, 0.2) is 29.2 Å². The molecule has 0 aromatic heterocycles. The normalized spacial score (nSPS) is 19.9. The molecule has 1 fully saturated rings. The lowest BCUT2D eigenvalue weighted by Gasteiger charge is -2.17. The van der Waals surface area contributed by atoms with Crippen molar-refractivity contribution in [1.82, 2.24) is 4.31 Å². The van der Waals surface area contributed by atoms with Crippen molar-refractivity contribution in [2.24, 2.45) is 0 Å². The third-order valence-electron chi connectivity index (χ3n) is 3.63. The van der Waals surface area contributed by atoms with Crippen LogP contribution >= 0.6 is 0 Å². The van der Waals surface area contributed by atoms with Crippen LogP contribution in [0.3, 0.4) is 0 Å². The highest BCUT2D eigenvalue weighted by atomic mass is 32.2. The van der Waals surface area contributed by atoms with Gasteiger partial charge in [-0.1, -0.05) is 0 Å². The quantitative estimate of drug-likeness (QED) is 0.710. The maximum absolute atomic E-state index is 12.5. The van der Waals surface area contributed by atoms with Gasteiger partial charge in [0.05, 0.1) is 4.90 Å². The topological polar surface area (TPSA) is 119 Å². The molecular weight excluding hydrogens is 364 g/mol. The molecule has 1 aromatic rings. The Labute approximate surface area is 151 Å². The number of amides is 1. The second-order valence-electron chi connectivity index (χ2n) is 5.93. The first kappa shape index (κ1) is 19.9. The number of ether oxygens (including phenoxy) is 2. The van der Waals surface area contributed by atoms with Gasteiger partial charge < -0.3 is 14.8 Å². The molecule has 1 saturated heterocycles. The molecule has 0 spiro atoms. The summed E-state index contributed by atoms with van der Waals surface area (Å²) in [4.78, 5) is 34.3. The van der Waals surface area contributed by atoms with Gasteiger partial charge in [-0.2, -0.15) is 4.31 Å². The number of nitrogens with zero attached hydrogens (tertiary/aromatic N) is 1. The van der Waals surface area contributed by atoms with Gasteiger partial charge in [-0.3, -0.25) is 9.59 Å². The highest BCUT2D eigenvalue weighted by molar-refractivity contribution is 7.89. The smallest absolute Gasteiger partial charge is 0.347 e. The first-order valence-electron chi connectivity index (χ1n) is 7.83. The van der Waals surface area contributed by atoms with Crippen molar-refractivity contribution in [3.8, 4) is 0 Å². The van der Waals surface area contributed by atoms with Crippen molar-refractivity contribution in [2.75, 3.05) is 18.9 Å². The molecule has 142 valence electrons. The van der Waals surface area contributed by atoms with E-state index in [1.807, 2.05) is 0 Å². The van der Waals surface area contributed by atoms with Gasteiger partial charge in [0.25, 0.3) is 0 Å². The van der Waals surface area contributed by atoms with Crippen LogP contribution in [0.1, 0.15) is 20.3 Å². The van der Waals surface area contributed by atoms with Crippen LogP contribution in [0.5, 0.6) is 0 Å². The van der Waals surface area contributed by atoms with Gasteiger partial charge in [0, 0.05) is 26.1 Å². The van der Waals surface area contributed by atoms with Crippen molar-refractivity contribution in [2.45, 2.75) is 37.4 Å². The number of hydrogen-bond donors (Lipinski definition) is 1. The van der Waals surface area contributed by atoms with Crippen LogP contribution in [0, 0.1) is 0 Å². The molecule has 1 aromatic carbocycles. The summed E-state index contributed by atoms with van der Waals surface area (Å²) in [6.07, 6.45) is -1.11. The molecule has 2 rings (SSSR count). The number of carbonyl (C=O) groups is 3. The van der Waals surface area contributed by atoms with E-state index in [1.165, 1.54) is 38.2 Å². The molecule has 1 aliphatic rings. The number of sulfonamides is 1. The molecule has 26 heavy (non-hydrogen) atoms. The third-order valence-corrected chi connectivity index (χ3v) is 5.45. The van der Waals surface area contributed by atoms with E-state index < -0.39 is 34.6 Å². The molecule has 0 unspecified atom stereocenters. The zero-order valence-corrected chi connectivity index (χ0v) is 15.4. The van der Waals surface area contributed by atoms with E-state index in [0.717, 1.165) is 4.31 Å². The fraction of sp³-hybridized carbons (Fsp3) is 0.438. The van der Waals surface area contributed by atoms with E-state index in [9.17, 15) is 22.8 Å². The van der Waals surface area contributed by atoms with Gasteiger partial charge in [-0.25, -0.2) is 13.2 Å². The zero-order valence-electron chi connectivity index (χ0n) is 14.6. The average molecular weight is 384 g/mol. The van der Waals surface area contributed by atoms with Crippen LogP contribution in [-0.4, -0.2) is 56.4 Å². The van der Waals surface area contributed by atoms with Crippen molar-refractivity contribution in [1.29, 1.82) is 0 Å². The van der Waals surface area contributed by atoms with Gasteiger partial charge in [-0.15, -0.1) is 0 Å². The minimum Gasteiger partial charge on any atom is -0.460 e. The Morgan fingerprint density at radius 1 is 1.31 bits per heavy atom. The number of esters is 2. The molecule has 1 heterocycles. The number of carbonyl (C=O) groups excluding carboxylic acids is 3. The van der Waals surface area contributed by atoms with E-state index in [4.69, 9.17) is 9.47 Å². The van der Waals surface area contributed by atoms with Crippen LogP contribution in [-0.2, 0) is 33.9 Å². The second-order valence-corrected chi connectivity index (χ2v) is 7.97. The number of benzene rings is 1. The lowest BCUT2D eigenvalue weighted by Crippen LogP contribution is -2.35. The lowest BCUT2D eigenvalue weighted by molar-refractivity contribution is -0.160. The van der Waals surface area contributed by atoms with Crippen molar-refractivity contribution >= 4 is 33.6 Å². The monoisotopic (exact) mass is 384 g/mol. The highest BCUT2D eigenvalue weighted by Crippen LogP contribution is 2.19. The maximum Gasteiger partial charge on any atom is 0.347 e. The number of likely N-dealkylation sites (N-methyl/N-ethyl adjacent to an activating group) is 1. The average Bonchev–Trinajstić information content (AvgIpc) is 2.84. The zero-order chi connectivity index (χ0) is 19.5. The van der Waals surface area contributed by atoms with Crippen LogP contribution < -0.4 is 5.32 Å². The Hall–Kier alpha value is -2.46. The first-order valence-corrected chi connectivity index (χ1v) is 9.27. The molecule has 9 nitrogen and oxygen atoms in total. The summed E-state index contributed by atoms with van der Waals surface area (Å²) in [5, 5.41) is 2.53. The molecule has 0 aliphatic carbocycles. The van der Waals surface area contributed by atoms with Crippen LogP contribution in [0.2, 0.25) is 0 Å². The van der Waals surface area contributed by atoms with Crippen LogP contribution in [0.4, 0.5) is 5.69 Å². The molecule has 0 saturated carbocycles. The van der Waals surface area contributed by atoms with Gasteiger partial charge in [-0.05, 0) is 31.2 Å². The number of rotatable bonds is 6. The SMILES string of the molecule is CC(=O)Nc1ccc(S(=O)(=O)N(C)CC(=O)O[C@H]2C[C@@H](C)OC2=O)cc1. The highest BCUT2D eigenvalue weighted by Gasteiger charge is 2.35. The van der Waals surface area contributed by atoms with Crippen molar-refractivity contribution in [3.05, 3.63) is 24.3 Å². The van der Waals surface area contributed by atoms with Gasteiger partial charge in [0.2, 0.25) is 22.0 Å². The minimum atomic E-state index is -3.93. The largest absolute Gasteiger partial charge is 0.460 e. The molecule has 2 atom stereocenters. The van der Waals surface area contributed by atoms with Crippen molar-refractivity contribution in [3.63, 3.8) is 0 Å². The van der Waals surface area contributed by atoms with Gasteiger partial charge >= 0.3 is 11.9 Å². The Bertz CT molecular complexity index is 804. The van der Waals surface area contributed by atoms with E-state index in [-0.39, 0.29) is 23.3 Å². The summed E-state index contributed by atoms with van der Waals surface area (Å²) in [5.41, 5.74) is 0.451. The Morgan fingerprint density at radius 3 is 2.42 bits per heavy atom. The second kappa shape index (κ2) is 7.83. The lowest BCUT2D eigenvalue weighted by atomic mass is 10.2. The predicted octanol–water partition coefficient (Wildman–Crippen LogP) is 0.513. The first-order chi connectivity index (χ1) is 12.1. The summed E-state index contributed by atoms with van der Waals surface area (Å²) in [7, 11) is -2.70. The summed E-state index contributed by atoms with van der Waals surface area (Å²) in [5.74, 6) is -1.76. The fourth-order valence-electron chi connectivity index (χ4n) is 2.37. The molecule has 1 N–H and O–H groups in total. The molecule has 0 radical (unpaired) electrons. The van der Waals surface area contributed by atoms with Gasteiger partial charge in [0.1, 0.15) is 12.6 Å². The minimum absolute atomic E-state index is 0.0456. The molecule has 10 heteroatoms. The summed E-state index contributed by atoms with van der Waals surface area (Å²) < 4.78 is 35.7. The number of cyclic esters (lactones) is 1. The van der Waals surface area contributed by atoms with Gasteiger partial charge in [0.15, 0.2) is 0 Å². The maximum atomic E-state index is 12.5. The Balaban J connectivity index is 2.00. The Morgan fingerprint density at radius 2 is 1.92 bits per heavy atom. The van der Waals surface area contributed by atoms with Crippen molar-refractivity contribution < 1.29 is 32.3 Å². The van der Waals surface area contributed by atoms with Crippen LogP contribution in [0.25, 0.3) is 0 Å². The van der Waals surface area contributed by atoms with E-state index in [2.05, 4.69) is 5.32 Å². The fourth-order valence-corrected chi connectivity index (χ4v) is 3.49. The molecule has 1 aliphatic heterocycles. The molecular formula is C16H20N2O7S. The predicted molar refractivity (Wildman–Crippen MR) is 90.6 cm³/mol. The summed E-state index contributed by atoms with van der Waals surface area (Å²) in [6, 6.07) is 5.52. The molecule has 0 bridgehead atoms. The van der Waals surface area contributed by atoms with E-state index in [0.29, 0.717) is 5.69 Å². The van der Waals surface area contributed by atoms with E-state index in [1.54, 1.807) is 6.92 Å². The summed E-state index contributed by atoms with van der Waals surface area (Å²) >= 11 is 0. The Kier molecular flexibility index (Phi) is 5.98. The summed E-state index contributed by atoms with van der Waals surface area (Å²) in [6.45, 7) is 2.46. The third kappa shape index (κ3) is 4.79. The number of hydrogen-bond acceptors (Lipinski definition) is 7. The standard InChI is InChI=1S/C16H20N2O7S/c1-10-8-14(16(21)24-10)25-15(20)9-18(3)26(22,23)13-6-4-12(5-7-13)17-11(2)19/h4-7,10,14H,8-9H2,1-3H3,(H,17,19)/t10-,14+/m1/s1. The van der Waals surface area contributed by atoms with E-state index >= 15 is 0 Å². The molecule has 1 amide bonds. The number of nitrogens with one attached hydrogen (secondary N) is 1.